The van der Waals surface area contributed by atoms with E-state index in [9.17, 15) is 4.57 Å². The molecule has 0 amide bonds. The third-order valence-corrected chi connectivity index (χ3v) is 4.17. The highest BCUT2D eigenvalue weighted by Gasteiger charge is 2.27. The number of allylic oxidation sites excluding steroid dienone is 3. The predicted molar refractivity (Wildman–Crippen MR) is 96.9 cm³/mol. The smallest absolute Gasteiger partial charge is 0.394 e. The molecule has 0 fully saturated rings. The van der Waals surface area contributed by atoms with Gasteiger partial charge in [0.1, 0.15) is 0 Å². The summed E-state index contributed by atoms with van der Waals surface area (Å²) in [5.74, 6) is 0. The van der Waals surface area contributed by atoms with Crippen LogP contribution in [-0.2, 0) is 18.1 Å². The van der Waals surface area contributed by atoms with Gasteiger partial charge in [-0.15, -0.1) is 0 Å². The van der Waals surface area contributed by atoms with Crippen molar-refractivity contribution in [2.24, 2.45) is 0 Å². The van der Waals surface area contributed by atoms with Crippen molar-refractivity contribution in [3.8, 4) is 0 Å². The van der Waals surface area contributed by atoms with Crippen molar-refractivity contribution in [2.45, 2.75) is 78.6 Å². The van der Waals surface area contributed by atoms with E-state index in [0.29, 0.717) is 0 Å². The van der Waals surface area contributed by atoms with Crippen LogP contribution in [0, 0.1) is 0 Å². The summed E-state index contributed by atoms with van der Waals surface area (Å²) in [6, 6.07) is 0. The van der Waals surface area contributed by atoms with Gasteiger partial charge in [-0.2, -0.15) is 4.57 Å². The Morgan fingerprint density at radius 1 is 0.652 bits per heavy atom. The zero-order valence-electron chi connectivity index (χ0n) is 14.9. The van der Waals surface area contributed by atoms with Crippen LogP contribution in [0.4, 0.5) is 0 Å². The van der Waals surface area contributed by atoms with Gasteiger partial charge in [-0.05, 0) is 56.8 Å². The molecule has 0 N–H and O–H groups in total. The molecule has 0 aliphatic rings. The summed E-state index contributed by atoms with van der Waals surface area (Å²) in [5.41, 5.74) is 0. The molecule has 0 rings (SSSR count). The van der Waals surface area contributed by atoms with Gasteiger partial charge in [0.2, 0.25) is 0 Å². The van der Waals surface area contributed by atoms with Crippen molar-refractivity contribution in [1.82, 2.24) is 0 Å². The second kappa shape index (κ2) is 15.7. The molecule has 0 heterocycles. The first-order valence-electron chi connectivity index (χ1n) is 8.78. The lowest BCUT2D eigenvalue weighted by Crippen LogP contribution is -1.89. The normalized spacial score (nSPS) is 14.6. The fraction of sp³-hybridized carbons (Fsp3) is 0.667. The Labute approximate surface area is 142 Å². The first kappa shape index (κ1) is 21.9. The Bertz CT molecular complexity index is 331. The van der Waals surface area contributed by atoms with Crippen molar-refractivity contribution in [2.75, 3.05) is 0 Å². The standard InChI is InChI=1S/C18H33O4P/c1-4-7-10-13-16-20-23(19,21-17-14-11-8-5-2)22-18-15-12-9-6-3/h13-18H,4-12H2,1-3H3. The molecule has 5 heteroatoms. The van der Waals surface area contributed by atoms with E-state index in [1.54, 1.807) is 0 Å². The van der Waals surface area contributed by atoms with Crippen molar-refractivity contribution < 1.29 is 18.1 Å². The van der Waals surface area contributed by atoms with E-state index < -0.39 is 7.82 Å². The third-order valence-electron chi connectivity index (χ3n) is 3.03. The van der Waals surface area contributed by atoms with E-state index in [2.05, 4.69) is 20.8 Å². The van der Waals surface area contributed by atoms with Gasteiger partial charge in [0.25, 0.3) is 0 Å². The number of unbranched alkanes of at least 4 members (excludes halogenated alkanes) is 6. The highest BCUT2D eigenvalue weighted by molar-refractivity contribution is 7.48. The van der Waals surface area contributed by atoms with E-state index in [-0.39, 0.29) is 0 Å². The van der Waals surface area contributed by atoms with Crippen LogP contribution < -0.4 is 0 Å². The van der Waals surface area contributed by atoms with Crippen molar-refractivity contribution in [1.29, 1.82) is 0 Å². The SMILES string of the molecule is CCCCC=COP(=O)(OC=CCCCC)OC=CCCCC. The van der Waals surface area contributed by atoms with Crippen LogP contribution in [0.5, 0.6) is 0 Å². The average Bonchev–Trinajstić information content (AvgIpc) is 2.54. The molecule has 0 saturated heterocycles. The molecule has 134 valence electrons. The van der Waals surface area contributed by atoms with Gasteiger partial charge in [0.05, 0.1) is 18.8 Å². The summed E-state index contributed by atoms with van der Waals surface area (Å²) in [6.07, 6.45) is 18.9. The van der Waals surface area contributed by atoms with Gasteiger partial charge in [-0.3, -0.25) is 0 Å². The predicted octanol–water partition coefficient (Wildman–Crippen LogP) is 7.26. The van der Waals surface area contributed by atoms with Crippen LogP contribution in [0.2, 0.25) is 0 Å². The molecule has 4 nitrogen and oxygen atoms in total. The summed E-state index contributed by atoms with van der Waals surface area (Å²) in [4.78, 5) is 0. The monoisotopic (exact) mass is 344 g/mol. The molecule has 0 aliphatic heterocycles. The van der Waals surface area contributed by atoms with Crippen molar-refractivity contribution >= 4 is 7.82 Å². The minimum absolute atomic E-state index is 0.884. The van der Waals surface area contributed by atoms with Crippen molar-refractivity contribution in [3.63, 3.8) is 0 Å². The fourth-order valence-corrected chi connectivity index (χ4v) is 2.45. The van der Waals surface area contributed by atoms with E-state index in [1.807, 2.05) is 18.2 Å². The molecule has 0 aromatic rings. The highest BCUT2D eigenvalue weighted by atomic mass is 31.2. The quantitative estimate of drug-likeness (QED) is 0.178. The largest absolute Gasteiger partial charge is 0.645 e. The van der Waals surface area contributed by atoms with Crippen LogP contribution in [0.25, 0.3) is 0 Å². The second-order valence-electron chi connectivity index (χ2n) is 5.31. The third kappa shape index (κ3) is 14.2. The molecular weight excluding hydrogens is 311 g/mol. The number of rotatable bonds is 15. The maximum absolute atomic E-state index is 12.5. The second-order valence-corrected chi connectivity index (χ2v) is 6.83. The van der Waals surface area contributed by atoms with Crippen LogP contribution in [0.3, 0.4) is 0 Å². The first-order chi connectivity index (χ1) is 11.2. The lowest BCUT2D eigenvalue weighted by atomic mass is 10.2. The summed E-state index contributed by atoms with van der Waals surface area (Å²) < 4.78 is 28.1. The minimum Gasteiger partial charge on any atom is -0.394 e. The lowest BCUT2D eigenvalue weighted by molar-refractivity contribution is 0.229. The summed E-state index contributed by atoms with van der Waals surface area (Å²) >= 11 is 0. The van der Waals surface area contributed by atoms with Gasteiger partial charge in [0, 0.05) is 0 Å². The lowest BCUT2D eigenvalue weighted by Gasteiger charge is -2.13. The first-order valence-corrected chi connectivity index (χ1v) is 10.2. The molecule has 0 unspecified atom stereocenters. The van der Waals surface area contributed by atoms with Crippen LogP contribution in [0.15, 0.2) is 37.0 Å². The zero-order valence-corrected chi connectivity index (χ0v) is 15.8. The highest BCUT2D eigenvalue weighted by Crippen LogP contribution is 2.50. The van der Waals surface area contributed by atoms with E-state index in [1.165, 1.54) is 18.8 Å². The van der Waals surface area contributed by atoms with Gasteiger partial charge in [-0.25, -0.2) is 0 Å². The van der Waals surface area contributed by atoms with Crippen LogP contribution >= 0.6 is 7.82 Å². The Balaban J connectivity index is 4.43. The molecule has 0 aliphatic carbocycles. The van der Waals surface area contributed by atoms with Gasteiger partial charge in [-0.1, -0.05) is 40.0 Å². The maximum Gasteiger partial charge on any atom is 0.645 e. The molecule has 0 saturated carbocycles. The van der Waals surface area contributed by atoms with Gasteiger partial charge in [0.15, 0.2) is 0 Å². The van der Waals surface area contributed by atoms with E-state index in [0.717, 1.165) is 57.8 Å². The Kier molecular flexibility index (Phi) is 14.9. The Hall–Kier alpha value is -1.15. The molecule has 0 aromatic heterocycles. The van der Waals surface area contributed by atoms with Crippen LogP contribution in [-0.4, -0.2) is 0 Å². The zero-order chi connectivity index (χ0) is 17.2. The van der Waals surface area contributed by atoms with E-state index >= 15 is 0 Å². The summed E-state index contributed by atoms with van der Waals surface area (Å²) in [6.45, 7) is 6.36. The fourth-order valence-electron chi connectivity index (χ4n) is 1.60. The van der Waals surface area contributed by atoms with E-state index in [4.69, 9.17) is 13.6 Å². The molecule has 0 aromatic carbocycles. The number of phosphoric acid groups is 1. The number of hydrogen-bond acceptors (Lipinski definition) is 4. The van der Waals surface area contributed by atoms with Crippen molar-refractivity contribution in [3.05, 3.63) is 37.0 Å². The number of hydrogen-bond donors (Lipinski definition) is 0. The summed E-state index contributed by atoms with van der Waals surface area (Å²) in [7, 11) is -3.63. The van der Waals surface area contributed by atoms with Crippen LogP contribution in [0.1, 0.15) is 78.6 Å². The molecular formula is C18H33O4P. The van der Waals surface area contributed by atoms with Gasteiger partial charge >= 0.3 is 7.82 Å². The molecule has 0 atom stereocenters. The minimum atomic E-state index is -3.63. The molecule has 0 spiro atoms. The maximum atomic E-state index is 12.5. The molecule has 0 radical (unpaired) electrons. The topological polar surface area (TPSA) is 44.8 Å². The average molecular weight is 344 g/mol. The Morgan fingerprint density at radius 2 is 0.957 bits per heavy atom. The molecule has 0 bridgehead atoms. The molecule has 23 heavy (non-hydrogen) atoms. The number of phosphoric ester groups is 1. The van der Waals surface area contributed by atoms with Gasteiger partial charge < -0.3 is 13.6 Å². The Morgan fingerprint density at radius 3 is 1.22 bits per heavy atom. The summed E-state index contributed by atoms with van der Waals surface area (Å²) in [5, 5.41) is 0.